The van der Waals surface area contributed by atoms with E-state index in [9.17, 15) is 4.39 Å². The van der Waals surface area contributed by atoms with E-state index in [1.54, 1.807) is 6.07 Å². The van der Waals surface area contributed by atoms with Crippen LogP contribution in [0.1, 0.15) is 27.2 Å². The van der Waals surface area contributed by atoms with Gasteiger partial charge >= 0.3 is 0 Å². The first-order chi connectivity index (χ1) is 9.53. The molecule has 0 aliphatic heterocycles. The number of hydrogen-bond acceptors (Lipinski definition) is 3. The van der Waals surface area contributed by atoms with Crippen molar-refractivity contribution in [1.29, 1.82) is 0 Å². The first kappa shape index (κ1) is 17.2. The molecule has 0 aliphatic carbocycles. The first-order valence-electron chi connectivity index (χ1n) is 7.25. The largest absolute Gasteiger partial charge is 0.397 e. The molecule has 1 aromatic carbocycles. The van der Waals surface area contributed by atoms with Gasteiger partial charge < -0.3 is 15.5 Å². The van der Waals surface area contributed by atoms with E-state index in [1.165, 1.54) is 6.07 Å². The fourth-order valence-corrected chi connectivity index (χ4v) is 2.66. The Hall–Kier alpha value is -0.810. The third-order valence-corrected chi connectivity index (χ3v) is 4.20. The molecule has 0 unspecified atom stereocenters. The van der Waals surface area contributed by atoms with Gasteiger partial charge in [0.15, 0.2) is 0 Å². The van der Waals surface area contributed by atoms with Crippen LogP contribution in [0.3, 0.4) is 0 Å². The molecule has 0 spiro atoms. The van der Waals surface area contributed by atoms with Crippen molar-refractivity contribution in [2.45, 2.75) is 27.2 Å². The van der Waals surface area contributed by atoms with Crippen LogP contribution in [0.15, 0.2) is 16.6 Å². The first-order valence-corrected chi connectivity index (χ1v) is 8.04. The minimum atomic E-state index is -0.267. The van der Waals surface area contributed by atoms with E-state index in [0.717, 1.165) is 44.8 Å². The van der Waals surface area contributed by atoms with E-state index in [1.807, 2.05) is 0 Å². The van der Waals surface area contributed by atoms with Gasteiger partial charge in [0.2, 0.25) is 0 Å². The maximum absolute atomic E-state index is 13.7. The van der Waals surface area contributed by atoms with Gasteiger partial charge in [-0.2, -0.15) is 0 Å². The lowest BCUT2D eigenvalue weighted by Crippen LogP contribution is -2.30. The van der Waals surface area contributed by atoms with Gasteiger partial charge in [-0.1, -0.05) is 13.8 Å². The summed E-state index contributed by atoms with van der Waals surface area (Å²) in [5, 5.41) is 0. The van der Waals surface area contributed by atoms with Gasteiger partial charge in [0.25, 0.3) is 0 Å². The third kappa shape index (κ3) is 4.63. The predicted octanol–water partition coefficient (Wildman–Crippen LogP) is 3.73. The Morgan fingerprint density at radius 2 is 1.75 bits per heavy atom. The highest BCUT2D eigenvalue weighted by Crippen LogP contribution is 2.29. The number of rotatable bonds is 8. The highest BCUT2D eigenvalue weighted by molar-refractivity contribution is 9.10. The van der Waals surface area contributed by atoms with Crippen molar-refractivity contribution in [3.8, 4) is 0 Å². The van der Waals surface area contributed by atoms with E-state index >= 15 is 0 Å². The Bertz CT molecular complexity index is 422. The molecule has 0 saturated carbocycles. The van der Waals surface area contributed by atoms with Crippen molar-refractivity contribution in [2.75, 3.05) is 43.4 Å². The van der Waals surface area contributed by atoms with E-state index in [4.69, 9.17) is 5.73 Å². The van der Waals surface area contributed by atoms with Gasteiger partial charge in [-0.05, 0) is 55.0 Å². The molecule has 0 atom stereocenters. The van der Waals surface area contributed by atoms with Gasteiger partial charge in [0, 0.05) is 19.2 Å². The van der Waals surface area contributed by atoms with Crippen LogP contribution in [-0.4, -0.2) is 37.6 Å². The fourth-order valence-electron chi connectivity index (χ4n) is 2.30. The van der Waals surface area contributed by atoms with E-state index in [2.05, 4.69) is 46.5 Å². The monoisotopic (exact) mass is 345 g/mol. The zero-order valence-electron chi connectivity index (χ0n) is 12.6. The van der Waals surface area contributed by atoms with Crippen molar-refractivity contribution >= 4 is 27.3 Å². The van der Waals surface area contributed by atoms with E-state index in [-0.39, 0.29) is 5.82 Å². The number of nitrogen functional groups attached to an aromatic ring is 1. The second-order valence-electron chi connectivity index (χ2n) is 4.79. The Morgan fingerprint density at radius 3 is 2.30 bits per heavy atom. The molecule has 0 radical (unpaired) electrons. The number of anilines is 2. The highest BCUT2D eigenvalue weighted by Gasteiger charge is 2.12. The molecule has 0 amide bonds. The van der Waals surface area contributed by atoms with Gasteiger partial charge in [-0.15, -0.1) is 0 Å². The van der Waals surface area contributed by atoms with Gasteiger partial charge in [0.05, 0.1) is 15.8 Å². The van der Waals surface area contributed by atoms with E-state index in [0.29, 0.717) is 10.2 Å². The molecule has 2 N–H and O–H groups in total. The average Bonchev–Trinajstić information content (AvgIpc) is 2.44. The Balaban J connectivity index is 2.69. The zero-order chi connectivity index (χ0) is 15.1. The SMILES string of the molecule is CCN(CC)CCCN(CC)c1cc(F)c(Br)cc1N. The highest BCUT2D eigenvalue weighted by atomic mass is 79.9. The second kappa shape index (κ2) is 8.47. The minimum Gasteiger partial charge on any atom is -0.397 e. The molecule has 0 fully saturated rings. The lowest BCUT2D eigenvalue weighted by atomic mass is 10.2. The van der Waals surface area contributed by atoms with E-state index < -0.39 is 0 Å². The summed E-state index contributed by atoms with van der Waals surface area (Å²) in [5.41, 5.74) is 7.40. The minimum absolute atomic E-state index is 0.267. The molecule has 114 valence electrons. The Kier molecular flexibility index (Phi) is 7.30. The molecular formula is C15H25BrFN3. The average molecular weight is 346 g/mol. The van der Waals surface area contributed by atoms with Crippen LogP contribution in [-0.2, 0) is 0 Å². The normalized spacial score (nSPS) is 11.1. The van der Waals surface area contributed by atoms with Crippen LogP contribution >= 0.6 is 15.9 Å². The molecule has 0 heterocycles. The van der Waals surface area contributed by atoms with Crippen molar-refractivity contribution in [2.24, 2.45) is 0 Å². The molecule has 20 heavy (non-hydrogen) atoms. The van der Waals surface area contributed by atoms with Crippen molar-refractivity contribution in [1.82, 2.24) is 4.90 Å². The molecule has 3 nitrogen and oxygen atoms in total. The Labute approximate surface area is 130 Å². The van der Waals surface area contributed by atoms with Crippen LogP contribution in [0.5, 0.6) is 0 Å². The van der Waals surface area contributed by atoms with Crippen LogP contribution in [0.4, 0.5) is 15.8 Å². The number of benzene rings is 1. The summed E-state index contributed by atoms with van der Waals surface area (Å²) in [4.78, 5) is 4.52. The summed E-state index contributed by atoms with van der Waals surface area (Å²) >= 11 is 3.16. The summed E-state index contributed by atoms with van der Waals surface area (Å²) in [6.45, 7) is 11.3. The zero-order valence-corrected chi connectivity index (χ0v) is 14.2. The van der Waals surface area contributed by atoms with Gasteiger partial charge in [-0.25, -0.2) is 4.39 Å². The standard InChI is InChI=1S/C15H25BrFN3/c1-4-19(5-2)8-7-9-20(6-3)15-11-13(17)12(16)10-14(15)18/h10-11H,4-9,18H2,1-3H3. The molecule has 0 aliphatic rings. The second-order valence-corrected chi connectivity index (χ2v) is 5.64. The summed E-state index contributed by atoms with van der Waals surface area (Å²) in [5.74, 6) is -0.267. The quantitative estimate of drug-likeness (QED) is 0.728. The lowest BCUT2D eigenvalue weighted by molar-refractivity contribution is 0.301. The maximum Gasteiger partial charge on any atom is 0.139 e. The van der Waals surface area contributed by atoms with Crippen molar-refractivity contribution in [3.63, 3.8) is 0 Å². The summed E-state index contributed by atoms with van der Waals surface area (Å²) in [7, 11) is 0. The number of nitrogens with two attached hydrogens (primary N) is 1. The molecule has 0 saturated heterocycles. The van der Waals surface area contributed by atoms with Crippen molar-refractivity contribution in [3.05, 3.63) is 22.4 Å². The molecule has 1 rings (SSSR count). The van der Waals surface area contributed by atoms with Crippen LogP contribution in [0.2, 0.25) is 0 Å². The lowest BCUT2D eigenvalue weighted by Gasteiger charge is -2.26. The van der Waals surface area contributed by atoms with Crippen LogP contribution in [0.25, 0.3) is 0 Å². The smallest absolute Gasteiger partial charge is 0.139 e. The number of nitrogens with zero attached hydrogens (tertiary/aromatic N) is 2. The van der Waals surface area contributed by atoms with Crippen molar-refractivity contribution < 1.29 is 4.39 Å². The van der Waals surface area contributed by atoms with Crippen LogP contribution in [0, 0.1) is 5.82 Å². The fraction of sp³-hybridized carbons (Fsp3) is 0.600. The molecule has 1 aromatic rings. The molecule has 0 aromatic heterocycles. The number of hydrogen-bond donors (Lipinski definition) is 1. The van der Waals surface area contributed by atoms with Crippen LogP contribution < -0.4 is 10.6 Å². The number of halogens is 2. The Morgan fingerprint density at radius 1 is 1.10 bits per heavy atom. The molecule has 0 bridgehead atoms. The third-order valence-electron chi connectivity index (χ3n) is 3.59. The molecular weight excluding hydrogens is 321 g/mol. The maximum atomic E-state index is 13.7. The summed E-state index contributed by atoms with van der Waals surface area (Å²) in [6, 6.07) is 3.15. The summed E-state index contributed by atoms with van der Waals surface area (Å²) in [6.07, 6.45) is 1.05. The topological polar surface area (TPSA) is 32.5 Å². The van der Waals surface area contributed by atoms with Gasteiger partial charge in [-0.3, -0.25) is 0 Å². The molecule has 5 heteroatoms. The van der Waals surface area contributed by atoms with Gasteiger partial charge in [0.1, 0.15) is 5.82 Å². The summed E-state index contributed by atoms with van der Waals surface area (Å²) < 4.78 is 14.1. The predicted molar refractivity (Wildman–Crippen MR) is 88.8 cm³/mol.